The summed E-state index contributed by atoms with van der Waals surface area (Å²) in [7, 11) is 0. The van der Waals surface area contributed by atoms with Crippen LogP contribution in [-0.2, 0) is 0 Å². The lowest BCUT2D eigenvalue weighted by Crippen LogP contribution is -2.26. The first-order chi connectivity index (χ1) is 10.9. The molecule has 1 saturated carbocycles. The zero-order valence-electron chi connectivity index (χ0n) is 13.6. The van der Waals surface area contributed by atoms with Crippen LogP contribution in [-0.4, -0.2) is 19.7 Å². The van der Waals surface area contributed by atoms with Crippen molar-refractivity contribution in [2.45, 2.75) is 44.9 Å². The van der Waals surface area contributed by atoms with Gasteiger partial charge in [0.05, 0.1) is 6.61 Å². The van der Waals surface area contributed by atoms with Crippen LogP contribution >= 0.6 is 0 Å². The van der Waals surface area contributed by atoms with Gasteiger partial charge in [-0.1, -0.05) is 49.6 Å². The Morgan fingerprint density at radius 1 is 1.00 bits per heavy atom. The standard InChI is InChI=1S/C20H29NO/c1-2-6-18(7-3-1)16-22-20-9-5-4-8-19(20)11-10-17-12-14-21-15-13-17/h4-5,8-11,17-18,21H,1-3,6-7,12-16H2. The molecule has 2 heteroatoms. The molecule has 1 heterocycles. The number of benzene rings is 1. The quantitative estimate of drug-likeness (QED) is 0.854. The number of rotatable bonds is 5. The Balaban J connectivity index is 1.57. The fourth-order valence-electron chi connectivity index (χ4n) is 3.59. The van der Waals surface area contributed by atoms with E-state index >= 15 is 0 Å². The molecule has 1 aromatic carbocycles. The van der Waals surface area contributed by atoms with Gasteiger partial charge in [-0.3, -0.25) is 0 Å². The number of nitrogens with one attached hydrogen (secondary N) is 1. The maximum atomic E-state index is 6.15. The number of ether oxygens (including phenoxy) is 1. The molecule has 0 spiro atoms. The number of hydrogen-bond acceptors (Lipinski definition) is 2. The molecule has 0 aromatic heterocycles. The van der Waals surface area contributed by atoms with Crippen LogP contribution in [0.1, 0.15) is 50.5 Å². The highest BCUT2D eigenvalue weighted by molar-refractivity contribution is 5.57. The van der Waals surface area contributed by atoms with E-state index in [9.17, 15) is 0 Å². The molecule has 22 heavy (non-hydrogen) atoms. The molecule has 2 fully saturated rings. The molecule has 0 atom stereocenters. The highest BCUT2D eigenvalue weighted by Crippen LogP contribution is 2.27. The molecule has 1 aromatic rings. The van der Waals surface area contributed by atoms with Crippen LogP contribution in [0.4, 0.5) is 0 Å². The lowest BCUT2D eigenvalue weighted by Gasteiger charge is -2.22. The van der Waals surface area contributed by atoms with Crippen molar-refractivity contribution in [3.63, 3.8) is 0 Å². The van der Waals surface area contributed by atoms with Gasteiger partial charge < -0.3 is 10.1 Å². The Hall–Kier alpha value is -1.28. The molecule has 1 aliphatic heterocycles. The van der Waals surface area contributed by atoms with Crippen molar-refractivity contribution in [3.05, 3.63) is 35.9 Å². The van der Waals surface area contributed by atoms with Gasteiger partial charge in [0.1, 0.15) is 5.75 Å². The third-order valence-corrected chi connectivity index (χ3v) is 5.05. The summed E-state index contributed by atoms with van der Waals surface area (Å²) in [6.45, 7) is 3.18. The third kappa shape index (κ3) is 4.61. The van der Waals surface area contributed by atoms with Gasteiger partial charge in [0.15, 0.2) is 0 Å². The zero-order valence-corrected chi connectivity index (χ0v) is 13.6. The maximum absolute atomic E-state index is 6.15. The molecule has 2 nitrogen and oxygen atoms in total. The summed E-state index contributed by atoms with van der Waals surface area (Å²) in [6, 6.07) is 8.48. The first-order valence-corrected chi connectivity index (χ1v) is 9.02. The smallest absolute Gasteiger partial charge is 0.126 e. The first-order valence-electron chi connectivity index (χ1n) is 9.02. The predicted molar refractivity (Wildman–Crippen MR) is 93.1 cm³/mol. The third-order valence-electron chi connectivity index (χ3n) is 5.05. The van der Waals surface area contributed by atoms with E-state index in [0.717, 1.165) is 31.4 Å². The van der Waals surface area contributed by atoms with Gasteiger partial charge in [-0.2, -0.15) is 0 Å². The van der Waals surface area contributed by atoms with Crippen molar-refractivity contribution in [2.24, 2.45) is 11.8 Å². The number of allylic oxidation sites excluding steroid dienone is 1. The molecule has 1 N–H and O–H groups in total. The summed E-state index contributed by atoms with van der Waals surface area (Å²) in [5.74, 6) is 2.53. The van der Waals surface area contributed by atoms with Gasteiger partial charge in [-0.25, -0.2) is 0 Å². The second-order valence-corrected chi connectivity index (χ2v) is 6.80. The molecular weight excluding hydrogens is 270 g/mol. The Morgan fingerprint density at radius 3 is 2.59 bits per heavy atom. The molecule has 0 radical (unpaired) electrons. The minimum Gasteiger partial charge on any atom is -0.493 e. The summed E-state index contributed by atoms with van der Waals surface area (Å²) >= 11 is 0. The summed E-state index contributed by atoms with van der Waals surface area (Å²) < 4.78 is 6.15. The van der Waals surface area contributed by atoms with Gasteiger partial charge in [-0.05, 0) is 56.7 Å². The van der Waals surface area contributed by atoms with Crippen molar-refractivity contribution in [3.8, 4) is 5.75 Å². The van der Waals surface area contributed by atoms with Crippen LogP contribution in [0, 0.1) is 11.8 Å². The van der Waals surface area contributed by atoms with E-state index in [1.807, 2.05) is 0 Å². The number of para-hydroxylation sites is 1. The molecular formula is C20H29NO. The van der Waals surface area contributed by atoms with E-state index in [2.05, 4.69) is 41.7 Å². The van der Waals surface area contributed by atoms with Gasteiger partial charge in [0.2, 0.25) is 0 Å². The average Bonchev–Trinajstić information content (AvgIpc) is 2.61. The lowest BCUT2D eigenvalue weighted by molar-refractivity contribution is 0.208. The second kappa shape index (κ2) is 8.38. The maximum Gasteiger partial charge on any atom is 0.126 e. The van der Waals surface area contributed by atoms with Gasteiger partial charge in [0, 0.05) is 5.56 Å². The van der Waals surface area contributed by atoms with E-state index < -0.39 is 0 Å². The van der Waals surface area contributed by atoms with E-state index in [4.69, 9.17) is 4.74 Å². The SMILES string of the molecule is C(=CC1CCNCC1)c1ccccc1OCC1CCCCC1. The minimum atomic E-state index is 0.715. The molecule has 2 aliphatic rings. The van der Waals surface area contributed by atoms with Crippen molar-refractivity contribution in [1.29, 1.82) is 0 Å². The van der Waals surface area contributed by atoms with Crippen LogP contribution in [0.5, 0.6) is 5.75 Å². The second-order valence-electron chi connectivity index (χ2n) is 6.80. The Morgan fingerprint density at radius 2 is 1.77 bits per heavy atom. The topological polar surface area (TPSA) is 21.3 Å². The van der Waals surface area contributed by atoms with Crippen molar-refractivity contribution < 1.29 is 4.74 Å². The van der Waals surface area contributed by atoms with E-state index in [1.165, 1.54) is 50.5 Å². The average molecular weight is 299 g/mol. The van der Waals surface area contributed by atoms with Crippen LogP contribution in [0.2, 0.25) is 0 Å². The van der Waals surface area contributed by atoms with Gasteiger partial charge >= 0.3 is 0 Å². The summed E-state index contributed by atoms with van der Waals surface area (Å²) in [5, 5.41) is 3.42. The summed E-state index contributed by atoms with van der Waals surface area (Å²) in [6.07, 6.45) is 14.0. The van der Waals surface area contributed by atoms with E-state index in [0.29, 0.717) is 5.92 Å². The molecule has 1 aliphatic carbocycles. The fraction of sp³-hybridized carbons (Fsp3) is 0.600. The molecule has 3 rings (SSSR count). The molecule has 1 saturated heterocycles. The lowest BCUT2D eigenvalue weighted by atomic mass is 9.90. The fourth-order valence-corrected chi connectivity index (χ4v) is 3.59. The normalized spacial score (nSPS) is 21.3. The summed E-state index contributed by atoms with van der Waals surface area (Å²) in [5.41, 5.74) is 1.23. The van der Waals surface area contributed by atoms with Crippen LogP contribution in [0.3, 0.4) is 0 Å². The zero-order chi connectivity index (χ0) is 15.0. The molecule has 0 unspecified atom stereocenters. The van der Waals surface area contributed by atoms with E-state index in [1.54, 1.807) is 0 Å². The van der Waals surface area contributed by atoms with Crippen LogP contribution < -0.4 is 10.1 Å². The van der Waals surface area contributed by atoms with Gasteiger partial charge in [-0.15, -0.1) is 0 Å². The monoisotopic (exact) mass is 299 g/mol. The van der Waals surface area contributed by atoms with Gasteiger partial charge in [0.25, 0.3) is 0 Å². The Labute approximate surface area is 135 Å². The molecule has 120 valence electrons. The highest BCUT2D eigenvalue weighted by Gasteiger charge is 2.14. The Bertz CT molecular complexity index is 470. The van der Waals surface area contributed by atoms with E-state index in [-0.39, 0.29) is 0 Å². The van der Waals surface area contributed by atoms with Crippen LogP contribution in [0.15, 0.2) is 30.3 Å². The largest absolute Gasteiger partial charge is 0.493 e. The molecule has 0 bridgehead atoms. The van der Waals surface area contributed by atoms with Crippen molar-refractivity contribution in [1.82, 2.24) is 5.32 Å². The van der Waals surface area contributed by atoms with Crippen LogP contribution in [0.25, 0.3) is 6.08 Å². The minimum absolute atomic E-state index is 0.715. The van der Waals surface area contributed by atoms with Crippen molar-refractivity contribution in [2.75, 3.05) is 19.7 Å². The molecule has 0 amide bonds. The van der Waals surface area contributed by atoms with Crippen molar-refractivity contribution >= 4 is 6.08 Å². The Kier molecular flexibility index (Phi) is 5.94. The highest BCUT2D eigenvalue weighted by atomic mass is 16.5. The predicted octanol–water partition coefficient (Wildman–Crippen LogP) is 4.66. The summed E-state index contributed by atoms with van der Waals surface area (Å²) in [4.78, 5) is 0. The first kappa shape index (κ1) is 15.6. The number of hydrogen-bond donors (Lipinski definition) is 1. The number of piperidine rings is 1.